The van der Waals surface area contributed by atoms with Crippen LogP contribution in [0.5, 0.6) is 0 Å². The Hall–Kier alpha value is -1.39. The van der Waals surface area contributed by atoms with Crippen LogP contribution in [0.3, 0.4) is 0 Å². The van der Waals surface area contributed by atoms with Crippen molar-refractivity contribution in [3.63, 3.8) is 0 Å². The fraction of sp³-hybridized carbons (Fsp3) is 0.571. The van der Waals surface area contributed by atoms with Crippen LogP contribution in [-0.4, -0.2) is 29.6 Å². The van der Waals surface area contributed by atoms with Gasteiger partial charge < -0.3 is 9.14 Å². The zero-order valence-electron chi connectivity index (χ0n) is 15.6. The van der Waals surface area contributed by atoms with E-state index in [1.54, 1.807) is 14.0 Å². The Labute approximate surface area is 159 Å². The lowest BCUT2D eigenvalue weighted by Gasteiger charge is -2.31. The van der Waals surface area contributed by atoms with Crippen LogP contribution < -0.4 is 0 Å². The molecule has 2 atom stereocenters. The average molecular weight is 380 g/mol. The number of alkyl halides is 1. The largest absolute Gasteiger partial charge is 0.384 e. The molecule has 1 saturated carbocycles. The van der Waals surface area contributed by atoms with Gasteiger partial charge >= 0.3 is 0 Å². The molecule has 2 aromatic heterocycles. The highest BCUT2D eigenvalue weighted by atomic mass is 35.5. The number of aromatic nitrogens is 1. The van der Waals surface area contributed by atoms with Crippen molar-refractivity contribution in [3.05, 3.63) is 40.7 Å². The lowest BCUT2D eigenvalue weighted by Crippen LogP contribution is -2.27. The van der Waals surface area contributed by atoms with E-state index in [0.29, 0.717) is 48.8 Å². The summed E-state index contributed by atoms with van der Waals surface area (Å²) in [4.78, 5) is 12.9. The van der Waals surface area contributed by atoms with Crippen LogP contribution in [0.4, 0.5) is 4.39 Å². The molecular formula is C21H27ClFNO2. The molecule has 0 saturated heterocycles. The number of halogens is 2. The molecule has 26 heavy (non-hydrogen) atoms. The summed E-state index contributed by atoms with van der Waals surface area (Å²) in [6.07, 6.45) is 6.96. The number of methoxy groups -OCH3 is 1. The maximum Gasteiger partial charge on any atom is 0.165 e. The van der Waals surface area contributed by atoms with Crippen LogP contribution in [-0.2, 0) is 11.2 Å². The molecule has 0 N–H and O–H groups in total. The van der Waals surface area contributed by atoms with Gasteiger partial charge in [-0.1, -0.05) is 24.4 Å². The molecule has 0 aliphatic heterocycles. The minimum atomic E-state index is -1.08. The Kier molecular flexibility index (Phi) is 6.03. The molecule has 5 heteroatoms. The van der Waals surface area contributed by atoms with Crippen molar-refractivity contribution in [1.82, 2.24) is 4.40 Å². The molecule has 1 fully saturated rings. The van der Waals surface area contributed by atoms with E-state index in [1.807, 2.05) is 28.8 Å². The summed E-state index contributed by atoms with van der Waals surface area (Å²) in [6.45, 7) is 2.27. The lowest BCUT2D eigenvalue weighted by atomic mass is 9.78. The first kappa shape index (κ1) is 19.4. The van der Waals surface area contributed by atoms with E-state index in [0.717, 1.165) is 30.5 Å². The van der Waals surface area contributed by atoms with E-state index < -0.39 is 5.67 Å². The van der Waals surface area contributed by atoms with Crippen LogP contribution in [0.25, 0.3) is 5.52 Å². The van der Waals surface area contributed by atoms with Gasteiger partial charge in [0.2, 0.25) is 0 Å². The molecule has 1 aliphatic carbocycles. The van der Waals surface area contributed by atoms with E-state index in [1.165, 1.54) is 0 Å². The lowest BCUT2D eigenvalue weighted by molar-refractivity contribution is 0.0835. The Morgan fingerprint density at radius 3 is 3.04 bits per heavy atom. The number of Topliss-reactive ketones (excluding diaryl/α,β-unsaturated/α-hetero) is 1. The molecule has 2 heterocycles. The second-order valence-corrected chi connectivity index (χ2v) is 8.11. The highest BCUT2D eigenvalue weighted by Gasteiger charge is 2.32. The Morgan fingerprint density at radius 1 is 1.50 bits per heavy atom. The number of pyridine rings is 1. The van der Waals surface area contributed by atoms with Crippen LogP contribution in [0.2, 0.25) is 5.02 Å². The standard InChI is InChI=1S/C21H27ClFNO2/c1-21(23)10-3-5-15(14-21)7-8-19(25)17-13-16(9-12-26-2)24-11-4-6-18(22)20(17)24/h4,6,11,13,15H,3,5,7-10,12,14H2,1-2H3. The van der Waals surface area contributed by atoms with Crippen molar-refractivity contribution in [2.24, 2.45) is 5.92 Å². The van der Waals surface area contributed by atoms with Crippen molar-refractivity contribution >= 4 is 22.9 Å². The number of hydrogen-bond donors (Lipinski definition) is 0. The van der Waals surface area contributed by atoms with Gasteiger partial charge in [-0.25, -0.2) is 4.39 Å². The zero-order valence-corrected chi connectivity index (χ0v) is 16.3. The second-order valence-electron chi connectivity index (χ2n) is 7.70. The molecule has 3 rings (SSSR count). The summed E-state index contributed by atoms with van der Waals surface area (Å²) >= 11 is 6.39. The quantitative estimate of drug-likeness (QED) is 0.581. The van der Waals surface area contributed by atoms with Gasteiger partial charge in [0.15, 0.2) is 5.78 Å². The molecule has 142 valence electrons. The summed E-state index contributed by atoms with van der Waals surface area (Å²) < 4.78 is 21.4. The van der Waals surface area contributed by atoms with Crippen LogP contribution >= 0.6 is 11.6 Å². The van der Waals surface area contributed by atoms with E-state index in [9.17, 15) is 9.18 Å². The summed E-state index contributed by atoms with van der Waals surface area (Å²) in [5, 5.41) is 0.577. The maximum atomic E-state index is 14.2. The molecular weight excluding hydrogens is 353 g/mol. The second kappa shape index (κ2) is 8.10. The predicted octanol–water partition coefficient (Wildman–Crippen LogP) is 5.66. The molecule has 2 aromatic rings. The number of nitrogens with zero attached hydrogens (tertiary/aromatic N) is 1. The van der Waals surface area contributed by atoms with E-state index in [4.69, 9.17) is 16.3 Å². The maximum absolute atomic E-state index is 14.2. The number of ether oxygens (including phenoxy) is 1. The van der Waals surface area contributed by atoms with Crippen molar-refractivity contribution in [3.8, 4) is 0 Å². The first-order chi connectivity index (χ1) is 12.4. The predicted molar refractivity (Wildman–Crippen MR) is 103 cm³/mol. The van der Waals surface area contributed by atoms with Crippen molar-refractivity contribution in [1.29, 1.82) is 0 Å². The van der Waals surface area contributed by atoms with Gasteiger partial charge in [0.25, 0.3) is 0 Å². The van der Waals surface area contributed by atoms with Gasteiger partial charge in [0.05, 0.1) is 17.1 Å². The molecule has 0 aromatic carbocycles. The summed E-state index contributed by atoms with van der Waals surface area (Å²) in [7, 11) is 1.66. The molecule has 3 nitrogen and oxygen atoms in total. The minimum Gasteiger partial charge on any atom is -0.384 e. The third-order valence-electron chi connectivity index (χ3n) is 5.49. The fourth-order valence-electron chi connectivity index (χ4n) is 4.18. The van der Waals surface area contributed by atoms with Gasteiger partial charge in [-0.2, -0.15) is 0 Å². The number of carbonyl (C=O) groups excluding carboxylic acids is 1. The van der Waals surface area contributed by atoms with Crippen molar-refractivity contribution < 1.29 is 13.9 Å². The van der Waals surface area contributed by atoms with Crippen molar-refractivity contribution in [2.75, 3.05) is 13.7 Å². The van der Waals surface area contributed by atoms with E-state index in [-0.39, 0.29) is 5.78 Å². The fourth-order valence-corrected chi connectivity index (χ4v) is 4.44. The highest BCUT2D eigenvalue weighted by molar-refractivity contribution is 6.35. The third kappa shape index (κ3) is 4.29. The molecule has 0 spiro atoms. The van der Waals surface area contributed by atoms with Gasteiger partial charge in [-0.05, 0) is 50.3 Å². The topological polar surface area (TPSA) is 30.7 Å². The Bertz CT molecular complexity index is 784. The summed E-state index contributed by atoms with van der Waals surface area (Å²) in [6, 6.07) is 5.62. The zero-order chi connectivity index (χ0) is 18.7. The smallest absolute Gasteiger partial charge is 0.165 e. The third-order valence-corrected chi connectivity index (χ3v) is 5.79. The number of ketones is 1. The summed E-state index contributed by atoms with van der Waals surface area (Å²) in [5.74, 6) is 0.380. The number of fused-ring (bicyclic) bond motifs is 1. The molecule has 0 amide bonds. The number of rotatable bonds is 7. The Morgan fingerprint density at radius 2 is 2.31 bits per heavy atom. The normalized spacial score (nSPS) is 23.5. The first-order valence-corrected chi connectivity index (χ1v) is 9.78. The molecule has 0 bridgehead atoms. The van der Waals surface area contributed by atoms with Crippen LogP contribution in [0.15, 0.2) is 24.4 Å². The molecule has 0 radical (unpaired) electrons. The summed E-state index contributed by atoms with van der Waals surface area (Å²) in [5.41, 5.74) is 1.37. The number of carbonyl (C=O) groups is 1. The van der Waals surface area contributed by atoms with E-state index in [2.05, 4.69) is 0 Å². The molecule has 2 unspecified atom stereocenters. The van der Waals surface area contributed by atoms with Crippen LogP contribution in [0.1, 0.15) is 61.5 Å². The number of hydrogen-bond acceptors (Lipinski definition) is 2. The SMILES string of the molecule is COCCc1cc(C(=O)CCC2CCCC(C)(F)C2)c2c(Cl)cccn12. The van der Waals surface area contributed by atoms with Gasteiger partial charge in [-0.3, -0.25) is 4.79 Å². The van der Waals surface area contributed by atoms with Gasteiger partial charge in [-0.15, -0.1) is 0 Å². The highest BCUT2D eigenvalue weighted by Crippen LogP contribution is 2.37. The minimum absolute atomic E-state index is 0.0883. The first-order valence-electron chi connectivity index (χ1n) is 9.41. The van der Waals surface area contributed by atoms with Crippen molar-refractivity contribution in [2.45, 2.75) is 57.5 Å². The van der Waals surface area contributed by atoms with Gasteiger partial charge in [0, 0.05) is 37.4 Å². The average Bonchev–Trinajstić information content (AvgIpc) is 2.97. The van der Waals surface area contributed by atoms with E-state index >= 15 is 0 Å². The monoisotopic (exact) mass is 379 g/mol. The van der Waals surface area contributed by atoms with Crippen LogP contribution in [0, 0.1) is 5.92 Å². The Balaban J connectivity index is 1.77. The van der Waals surface area contributed by atoms with Gasteiger partial charge in [0.1, 0.15) is 5.67 Å². The molecule has 1 aliphatic rings.